The number of aromatic nitrogens is 2. The van der Waals surface area contributed by atoms with Crippen molar-refractivity contribution in [3.05, 3.63) is 42.4 Å². The average Bonchev–Trinajstić information content (AvgIpc) is 2.58. The normalized spacial score (nSPS) is 10.2. The van der Waals surface area contributed by atoms with Crippen LogP contribution in [0, 0.1) is 0 Å². The molecule has 23 heavy (non-hydrogen) atoms. The first-order chi connectivity index (χ1) is 11.2. The molecule has 7 nitrogen and oxygen atoms in total. The number of anilines is 2. The van der Waals surface area contributed by atoms with Gasteiger partial charge in [0.1, 0.15) is 17.3 Å². The van der Waals surface area contributed by atoms with Gasteiger partial charge in [0.15, 0.2) is 0 Å². The molecule has 1 aromatic carbocycles. The Hall–Kier alpha value is -2.67. The molecule has 1 amide bonds. The van der Waals surface area contributed by atoms with E-state index in [0.717, 1.165) is 11.4 Å². The highest BCUT2D eigenvalue weighted by atomic mass is 16.5. The van der Waals surface area contributed by atoms with E-state index < -0.39 is 0 Å². The molecule has 2 N–H and O–H groups in total. The van der Waals surface area contributed by atoms with Gasteiger partial charge in [-0.2, -0.15) is 0 Å². The second-order valence-electron chi connectivity index (χ2n) is 4.59. The Balaban J connectivity index is 2.01. The van der Waals surface area contributed by atoms with Gasteiger partial charge in [0.25, 0.3) is 5.91 Å². The summed E-state index contributed by atoms with van der Waals surface area (Å²) in [4.78, 5) is 20.1. The molecule has 0 aliphatic heterocycles. The lowest BCUT2D eigenvalue weighted by molar-refractivity contribution is 0.0932. The molecule has 7 heteroatoms. The van der Waals surface area contributed by atoms with Crippen molar-refractivity contribution in [1.29, 1.82) is 0 Å². The number of carbonyl (C=O) groups excluding carboxylic acids is 1. The number of hydrogen-bond donors (Lipinski definition) is 2. The number of ether oxygens (including phenoxy) is 2. The highest BCUT2D eigenvalue weighted by molar-refractivity contribution is 5.92. The molecule has 1 aromatic heterocycles. The van der Waals surface area contributed by atoms with Gasteiger partial charge in [-0.1, -0.05) is 12.1 Å². The first-order valence-electron chi connectivity index (χ1n) is 7.32. The average molecular weight is 316 g/mol. The van der Waals surface area contributed by atoms with E-state index in [1.165, 1.54) is 12.4 Å². The van der Waals surface area contributed by atoms with Gasteiger partial charge in [-0.15, -0.1) is 0 Å². The van der Waals surface area contributed by atoms with E-state index in [2.05, 4.69) is 20.6 Å². The van der Waals surface area contributed by atoms with Gasteiger partial charge in [0.2, 0.25) is 0 Å². The molecule has 0 atom stereocenters. The highest BCUT2D eigenvalue weighted by Crippen LogP contribution is 2.26. The van der Waals surface area contributed by atoms with Crippen molar-refractivity contribution >= 4 is 17.4 Å². The van der Waals surface area contributed by atoms with Crippen LogP contribution >= 0.6 is 0 Å². The Morgan fingerprint density at radius 2 is 2.04 bits per heavy atom. The molecule has 0 radical (unpaired) electrons. The molecule has 0 unspecified atom stereocenters. The Labute approximate surface area is 135 Å². The van der Waals surface area contributed by atoms with Crippen molar-refractivity contribution in [2.24, 2.45) is 0 Å². The number of hydrogen-bond acceptors (Lipinski definition) is 6. The summed E-state index contributed by atoms with van der Waals surface area (Å²) in [6.45, 7) is 3.38. The van der Waals surface area contributed by atoms with Gasteiger partial charge < -0.3 is 20.1 Å². The van der Waals surface area contributed by atoms with Crippen LogP contribution in [0.5, 0.6) is 5.75 Å². The van der Waals surface area contributed by atoms with Crippen LogP contribution in [-0.4, -0.2) is 42.7 Å². The molecule has 122 valence electrons. The van der Waals surface area contributed by atoms with Crippen LogP contribution in [0.4, 0.5) is 11.5 Å². The molecule has 2 rings (SSSR count). The van der Waals surface area contributed by atoms with Crippen molar-refractivity contribution in [2.75, 3.05) is 32.2 Å². The molecule has 0 spiro atoms. The molecule has 0 aliphatic carbocycles. The molecule has 0 aliphatic rings. The molecule has 0 saturated heterocycles. The second-order valence-corrected chi connectivity index (χ2v) is 4.59. The Morgan fingerprint density at radius 3 is 2.74 bits per heavy atom. The smallest absolute Gasteiger partial charge is 0.271 e. The van der Waals surface area contributed by atoms with Crippen LogP contribution in [-0.2, 0) is 4.74 Å². The predicted octanol–water partition coefficient (Wildman–Crippen LogP) is 2.00. The predicted molar refractivity (Wildman–Crippen MR) is 87.1 cm³/mol. The molecule has 2 aromatic rings. The fourth-order valence-corrected chi connectivity index (χ4v) is 1.86. The monoisotopic (exact) mass is 316 g/mol. The molecular formula is C16H20N4O3. The van der Waals surface area contributed by atoms with E-state index in [-0.39, 0.29) is 11.6 Å². The quantitative estimate of drug-likeness (QED) is 0.725. The van der Waals surface area contributed by atoms with Gasteiger partial charge in [-0.25, -0.2) is 9.97 Å². The van der Waals surface area contributed by atoms with Crippen LogP contribution in [0.3, 0.4) is 0 Å². The number of nitrogens with one attached hydrogen (secondary N) is 2. The molecule has 0 fully saturated rings. The Bertz CT molecular complexity index is 631. The van der Waals surface area contributed by atoms with Crippen molar-refractivity contribution in [2.45, 2.75) is 6.92 Å². The zero-order valence-corrected chi connectivity index (χ0v) is 13.2. The minimum atomic E-state index is -0.282. The van der Waals surface area contributed by atoms with E-state index in [0.29, 0.717) is 25.6 Å². The number of rotatable bonds is 8. The molecule has 1 heterocycles. The highest BCUT2D eigenvalue weighted by Gasteiger charge is 2.08. The van der Waals surface area contributed by atoms with Crippen molar-refractivity contribution < 1.29 is 14.3 Å². The standard InChI is InChI=1S/C16H20N4O3/c1-3-23-14-7-5-4-6-12(14)20-15-11-18-13(10-19-15)16(21)17-8-9-22-2/h4-7,10-11H,3,8-9H2,1-2H3,(H,17,21)(H,19,20). The van der Waals surface area contributed by atoms with Crippen molar-refractivity contribution in [3.8, 4) is 5.75 Å². The summed E-state index contributed by atoms with van der Waals surface area (Å²) in [5, 5.41) is 5.81. The number of para-hydroxylation sites is 2. The Kier molecular flexibility index (Phi) is 6.31. The number of carbonyl (C=O) groups is 1. The SMILES string of the molecule is CCOc1ccccc1Nc1cnc(C(=O)NCCOC)cn1. The lowest BCUT2D eigenvalue weighted by Crippen LogP contribution is -2.27. The summed E-state index contributed by atoms with van der Waals surface area (Å²) < 4.78 is 10.4. The maximum absolute atomic E-state index is 11.8. The number of nitrogens with zero attached hydrogens (tertiary/aromatic N) is 2. The summed E-state index contributed by atoms with van der Waals surface area (Å²) in [5.41, 5.74) is 1.05. The number of benzene rings is 1. The minimum absolute atomic E-state index is 0.254. The second kappa shape index (κ2) is 8.70. The molecular weight excluding hydrogens is 296 g/mol. The maximum Gasteiger partial charge on any atom is 0.271 e. The fourth-order valence-electron chi connectivity index (χ4n) is 1.86. The lowest BCUT2D eigenvalue weighted by Gasteiger charge is -2.11. The van der Waals surface area contributed by atoms with Gasteiger partial charge in [0, 0.05) is 13.7 Å². The summed E-state index contributed by atoms with van der Waals surface area (Å²) in [7, 11) is 1.58. The van der Waals surface area contributed by atoms with E-state index in [9.17, 15) is 4.79 Å². The maximum atomic E-state index is 11.8. The van der Waals surface area contributed by atoms with Gasteiger partial charge in [-0.3, -0.25) is 4.79 Å². The largest absolute Gasteiger partial charge is 0.492 e. The van der Waals surface area contributed by atoms with E-state index in [1.807, 2.05) is 31.2 Å². The van der Waals surface area contributed by atoms with Crippen LogP contribution in [0.1, 0.15) is 17.4 Å². The first-order valence-corrected chi connectivity index (χ1v) is 7.32. The van der Waals surface area contributed by atoms with E-state index in [4.69, 9.17) is 9.47 Å². The summed E-state index contributed by atoms with van der Waals surface area (Å²) >= 11 is 0. The summed E-state index contributed by atoms with van der Waals surface area (Å²) in [6.07, 6.45) is 2.93. The summed E-state index contributed by atoms with van der Waals surface area (Å²) in [6, 6.07) is 7.56. The fraction of sp³-hybridized carbons (Fsp3) is 0.312. The van der Waals surface area contributed by atoms with Gasteiger partial charge in [0.05, 0.1) is 31.3 Å². The topological polar surface area (TPSA) is 85.4 Å². The van der Waals surface area contributed by atoms with Crippen molar-refractivity contribution in [3.63, 3.8) is 0 Å². The zero-order chi connectivity index (χ0) is 16.5. The third kappa shape index (κ3) is 4.93. The van der Waals surface area contributed by atoms with Crippen molar-refractivity contribution in [1.82, 2.24) is 15.3 Å². The number of amides is 1. The number of methoxy groups -OCH3 is 1. The molecule has 0 saturated carbocycles. The van der Waals surface area contributed by atoms with Crippen LogP contribution in [0.2, 0.25) is 0 Å². The minimum Gasteiger partial charge on any atom is -0.492 e. The van der Waals surface area contributed by atoms with Crippen LogP contribution in [0.15, 0.2) is 36.7 Å². The van der Waals surface area contributed by atoms with E-state index in [1.54, 1.807) is 7.11 Å². The summed E-state index contributed by atoms with van der Waals surface area (Å²) in [5.74, 6) is 0.986. The van der Waals surface area contributed by atoms with Crippen LogP contribution < -0.4 is 15.4 Å². The van der Waals surface area contributed by atoms with E-state index >= 15 is 0 Å². The lowest BCUT2D eigenvalue weighted by atomic mass is 10.3. The van der Waals surface area contributed by atoms with Gasteiger partial charge in [-0.05, 0) is 19.1 Å². The molecule has 0 bridgehead atoms. The van der Waals surface area contributed by atoms with Gasteiger partial charge >= 0.3 is 0 Å². The third-order valence-electron chi connectivity index (χ3n) is 2.93. The third-order valence-corrected chi connectivity index (χ3v) is 2.93. The Morgan fingerprint density at radius 1 is 1.22 bits per heavy atom. The van der Waals surface area contributed by atoms with Crippen LogP contribution in [0.25, 0.3) is 0 Å². The first kappa shape index (κ1) is 16.7. The zero-order valence-electron chi connectivity index (χ0n) is 13.2.